The first-order valence-corrected chi connectivity index (χ1v) is 7.67. The molecule has 1 N–H and O–H groups in total. The van der Waals surface area contributed by atoms with Crippen molar-refractivity contribution in [2.75, 3.05) is 26.9 Å². The molecule has 9 heteroatoms. The van der Waals surface area contributed by atoms with Gasteiger partial charge in [-0.15, -0.1) is 0 Å². The number of benzene rings is 1. The van der Waals surface area contributed by atoms with Gasteiger partial charge in [0.05, 0.1) is 17.2 Å². The zero-order valence-corrected chi connectivity index (χ0v) is 14.4. The number of hydrogen-bond donors (Lipinski definition) is 1. The highest BCUT2D eigenvalue weighted by Crippen LogP contribution is 2.33. The van der Waals surface area contributed by atoms with E-state index in [0.29, 0.717) is 6.61 Å². The van der Waals surface area contributed by atoms with Gasteiger partial charge in [0.2, 0.25) is 0 Å². The maximum atomic E-state index is 14.1. The summed E-state index contributed by atoms with van der Waals surface area (Å²) in [5, 5.41) is 6.27. The summed E-state index contributed by atoms with van der Waals surface area (Å²) in [7, 11) is 1.50. The topological polar surface area (TPSA) is 90.7 Å². The Morgan fingerprint density at radius 2 is 2.16 bits per heavy atom. The molecular formula is C16H16ClFN2O5. The Morgan fingerprint density at radius 1 is 1.40 bits per heavy atom. The standard InChI is InChI=1S/C16H16ClFN2O5/c1-9-13(16(22)24-8-12(21)19-6-7-23-2)15(20-25-9)14-10(17)4-3-5-11(14)18/h3-5H,6-8H2,1-2H3,(H,19,21). The van der Waals surface area contributed by atoms with Crippen LogP contribution < -0.4 is 5.32 Å². The summed E-state index contributed by atoms with van der Waals surface area (Å²) in [4.78, 5) is 23.9. The van der Waals surface area contributed by atoms with E-state index in [1.165, 1.54) is 32.2 Å². The van der Waals surface area contributed by atoms with Gasteiger partial charge in [-0.05, 0) is 19.1 Å². The van der Waals surface area contributed by atoms with E-state index in [1.807, 2.05) is 0 Å². The molecule has 1 aromatic carbocycles. The summed E-state index contributed by atoms with van der Waals surface area (Å²) in [5.41, 5.74) is -0.236. The number of halogens is 2. The third kappa shape index (κ3) is 4.55. The van der Waals surface area contributed by atoms with Gasteiger partial charge >= 0.3 is 5.97 Å². The van der Waals surface area contributed by atoms with Crippen LogP contribution in [-0.4, -0.2) is 43.9 Å². The molecule has 7 nitrogen and oxygen atoms in total. The fourth-order valence-electron chi connectivity index (χ4n) is 2.05. The quantitative estimate of drug-likeness (QED) is 0.594. The number of aryl methyl sites for hydroxylation is 1. The highest BCUT2D eigenvalue weighted by Gasteiger charge is 2.26. The predicted molar refractivity (Wildman–Crippen MR) is 86.8 cm³/mol. The number of amides is 1. The van der Waals surface area contributed by atoms with Crippen molar-refractivity contribution in [3.63, 3.8) is 0 Å². The van der Waals surface area contributed by atoms with Gasteiger partial charge in [-0.25, -0.2) is 9.18 Å². The summed E-state index contributed by atoms with van der Waals surface area (Å²) in [5.74, 6) is -1.90. The summed E-state index contributed by atoms with van der Waals surface area (Å²) in [6, 6.07) is 4.07. The highest BCUT2D eigenvalue weighted by atomic mass is 35.5. The van der Waals surface area contributed by atoms with Crippen LogP contribution in [0.25, 0.3) is 11.3 Å². The first-order chi connectivity index (χ1) is 12.0. The van der Waals surface area contributed by atoms with E-state index in [-0.39, 0.29) is 34.1 Å². The molecule has 1 aromatic heterocycles. The Kier molecular flexibility index (Phi) is 6.49. The van der Waals surface area contributed by atoms with Crippen molar-refractivity contribution in [2.45, 2.75) is 6.92 Å². The van der Waals surface area contributed by atoms with Crippen molar-refractivity contribution in [2.24, 2.45) is 0 Å². The number of carbonyl (C=O) groups excluding carboxylic acids is 2. The molecule has 0 saturated heterocycles. The lowest BCUT2D eigenvalue weighted by molar-refractivity contribution is -0.124. The predicted octanol–water partition coefficient (Wildman–Crippen LogP) is 2.36. The number of nitrogens with zero attached hydrogens (tertiary/aromatic N) is 1. The fourth-order valence-corrected chi connectivity index (χ4v) is 2.31. The van der Waals surface area contributed by atoms with Gasteiger partial charge in [0, 0.05) is 13.7 Å². The van der Waals surface area contributed by atoms with E-state index < -0.39 is 24.3 Å². The molecule has 1 amide bonds. The monoisotopic (exact) mass is 370 g/mol. The second-order valence-corrected chi connectivity index (χ2v) is 5.39. The first-order valence-electron chi connectivity index (χ1n) is 7.29. The number of rotatable bonds is 7. The second-order valence-electron chi connectivity index (χ2n) is 4.98. The Balaban J connectivity index is 2.16. The van der Waals surface area contributed by atoms with Crippen LogP contribution in [0.4, 0.5) is 4.39 Å². The van der Waals surface area contributed by atoms with Gasteiger partial charge in [-0.2, -0.15) is 0 Å². The molecule has 0 spiro atoms. The SMILES string of the molecule is COCCNC(=O)COC(=O)c1c(-c2c(F)cccc2Cl)noc1C. The second kappa shape index (κ2) is 8.59. The Bertz CT molecular complexity index is 758. The van der Waals surface area contributed by atoms with Crippen LogP contribution >= 0.6 is 11.6 Å². The van der Waals surface area contributed by atoms with E-state index >= 15 is 0 Å². The summed E-state index contributed by atoms with van der Waals surface area (Å²) >= 11 is 6.00. The minimum atomic E-state index is -0.866. The Hall–Kier alpha value is -2.45. The number of aromatic nitrogens is 1. The minimum absolute atomic E-state index is 0.0691. The first kappa shape index (κ1) is 18.9. The van der Waals surface area contributed by atoms with Crippen molar-refractivity contribution in [1.29, 1.82) is 0 Å². The normalized spacial score (nSPS) is 10.6. The number of methoxy groups -OCH3 is 1. The molecule has 1 heterocycles. The van der Waals surface area contributed by atoms with Crippen molar-refractivity contribution in [1.82, 2.24) is 10.5 Å². The largest absolute Gasteiger partial charge is 0.452 e. The molecule has 134 valence electrons. The molecule has 0 aliphatic heterocycles. The molecule has 0 atom stereocenters. The summed E-state index contributed by atoms with van der Waals surface area (Å²) < 4.78 is 28.8. The van der Waals surface area contributed by atoms with Crippen LogP contribution in [-0.2, 0) is 14.3 Å². The molecule has 0 aliphatic carbocycles. The van der Waals surface area contributed by atoms with Crippen LogP contribution in [0, 0.1) is 12.7 Å². The summed E-state index contributed by atoms with van der Waals surface area (Å²) in [6.07, 6.45) is 0. The van der Waals surface area contributed by atoms with Crippen molar-refractivity contribution in [3.05, 3.63) is 40.4 Å². The van der Waals surface area contributed by atoms with Crippen LogP contribution in [0.2, 0.25) is 5.02 Å². The van der Waals surface area contributed by atoms with Gasteiger partial charge in [0.25, 0.3) is 5.91 Å². The molecule has 25 heavy (non-hydrogen) atoms. The molecule has 2 aromatic rings. The molecule has 0 radical (unpaired) electrons. The van der Waals surface area contributed by atoms with Crippen LogP contribution in [0.1, 0.15) is 16.1 Å². The number of esters is 1. The zero-order chi connectivity index (χ0) is 18.4. The third-order valence-electron chi connectivity index (χ3n) is 3.23. The number of ether oxygens (including phenoxy) is 2. The third-order valence-corrected chi connectivity index (χ3v) is 3.54. The van der Waals surface area contributed by atoms with Gasteiger partial charge in [0.1, 0.15) is 22.8 Å². The fraction of sp³-hybridized carbons (Fsp3) is 0.312. The van der Waals surface area contributed by atoms with Crippen LogP contribution in [0.3, 0.4) is 0 Å². The molecule has 2 rings (SSSR count). The maximum Gasteiger partial charge on any atom is 0.344 e. The van der Waals surface area contributed by atoms with Gasteiger partial charge < -0.3 is 19.3 Å². The lowest BCUT2D eigenvalue weighted by Gasteiger charge is -2.07. The van der Waals surface area contributed by atoms with Crippen molar-refractivity contribution < 1.29 is 28.0 Å². The maximum absolute atomic E-state index is 14.1. The minimum Gasteiger partial charge on any atom is -0.452 e. The lowest BCUT2D eigenvalue weighted by atomic mass is 10.1. The lowest BCUT2D eigenvalue weighted by Crippen LogP contribution is -2.31. The molecule has 0 bridgehead atoms. The van der Waals surface area contributed by atoms with Crippen molar-refractivity contribution >= 4 is 23.5 Å². The highest BCUT2D eigenvalue weighted by molar-refractivity contribution is 6.33. The summed E-state index contributed by atoms with van der Waals surface area (Å²) in [6.45, 7) is 1.59. The molecule has 0 saturated carbocycles. The average molecular weight is 371 g/mol. The smallest absolute Gasteiger partial charge is 0.344 e. The van der Waals surface area contributed by atoms with Gasteiger partial charge in [0.15, 0.2) is 6.61 Å². The molecular weight excluding hydrogens is 355 g/mol. The van der Waals surface area contributed by atoms with E-state index in [9.17, 15) is 14.0 Å². The van der Waals surface area contributed by atoms with Crippen LogP contribution in [0.15, 0.2) is 22.7 Å². The Labute approximate surface area is 148 Å². The van der Waals surface area contributed by atoms with Crippen molar-refractivity contribution in [3.8, 4) is 11.3 Å². The average Bonchev–Trinajstić information content (AvgIpc) is 2.94. The van der Waals surface area contributed by atoms with E-state index in [4.69, 9.17) is 25.6 Å². The van der Waals surface area contributed by atoms with Crippen LogP contribution in [0.5, 0.6) is 0 Å². The van der Waals surface area contributed by atoms with E-state index in [1.54, 1.807) is 0 Å². The van der Waals surface area contributed by atoms with Gasteiger partial charge in [-0.1, -0.05) is 22.8 Å². The Morgan fingerprint density at radius 3 is 2.84 bits per heavy atom. The number of nitrogens with one attached hydrogen (secondary N) is 1. The molecule has 0 fully saturated rings. The van der Waals surface area contributed by atoms with E-state index in [2.05, 4.69) is 10.5 Å². The molecule has 0 unspecified atom stereocenters. The number of carbonyl (C=O) groups is 2. The zero-order valence-electron chi connectivity index (χ0n) is 13.6. The number of hydrogen-bond acceptors (Lipinski definition) is 6. The van der Waals surface area contributed by atoms with E-state index in [0.717, 1.165) is 0 Å². The molecule has 0 aliphatic rings. The van der Waals surface area contributed by atoms with Gasteiger partial charge in [-0.3, -0.25) is 4.79 Å².